The van der Waals surface area contributed by atoms with Gasteiger partial charge in [0.15, 0.2) is 11.7 Å². The lowest BCUT2D eigenvalue weighted by molar-refractivity contribution is -0.144. The van der Waals surface area contributed by atoms with Crippen molar-refractivity contribution in [2.45, 2.75) is 19.3 Å². The van der Waals surface area contributed by atoms with Gasteiger partial charge in [0, 0.05) is 12.8 Å². The number of rotatable bonds is 10. The highest BCUT2D eigenvalue weighted by Crippen LogP contribution is 2.16. The number of hydrazine groups is 1. The summed E-state index contributed by atoms with van der Waals surface area (Å²) in [5, 5.41) is 2.26. The third kappa shape index (κ3) is 9.90. The molecule has 0 heterocycles. The van der Waals surface area contributed by atoms with Crippen LogP contribution in [0.25, 0.3) is 0 Å². The molecule has 170 valence electrons. The summed E-state index contributed by atoms with van der Waals surface area (Å²) in [7, 11) is 1.55. The Bertz CT molecular complexity index is 906. The van der Waals surface area contributed by atoms with Crippen molar-refractivity contribution in [3.63, 3.8) is 0 Å². The number of methoxy groups -OCH3 is 1. The fourth-order valence-corrected chi connectivity index (χ4v) is 2.58. The van der Waals surface area contributed by atoms with Gasteiger partial charge < -0.3 is 19.5 Å². The number of nitrogens with one attached hydrogen (secondary N) is 3. The van der Waals surface area contributed by atoms with Crippen molar-refractivity contribution in [2.75, 3.05) is 20.3 Å². The molecule has 2 amide bonds. The molecule has 2 aromatic rings. The number of hydrogen-bond acceptors (Lipinski definition) is 7. The number of carbonyl (C=O) groups is 3. The average Bonchev–Trinajstić information content (AvgIpc) is 2.81. The van der Waals surface area contributed by atoms with E-state index in [4.69, 9.17) is 26.4 Å². The Morgan fingerprint density at radius 3 is 2.25 bits per heavy atom. The van der Waals surface area contributed by atoms with E-state index in [9.17, 15) is 14.4 Å². The second-order valence-corrected chi connectivity index (χ2v) is 6.88. The summed E-state index contributed by atoms with van der Waals surface area (Å²) in [4.78, 5) is 35.4. The first-order valence-corrected chi connectivity index (χ1v) is 10.2. The first kappa shape index (κ1) is 24.6. The number of hydrogen-bond donors (Lipinski definition) is 3. The molecule has 0 aromatic heterocycles. The Kier molecular flexibility index (Phi) is 10.5. The SMILES string of the molecule is COc1ccc(OCC(=O)NNC(=S)NC(=O)CCC(=O)OCCc2ccccc2)cc1. The van der Waals surface area contributed by atoms with E-state index < -0.39 is 17.8 Å². The molecule has 3 N–H and O–H groups in total. The number of benzene rings is 2. The van der Waals surface area contributed by atoms with Gasteiger partial charge in [0.25, 0.3) is 5.91 Å². The number of ether oxygens (including phenoxy) is 3. The molecule has 0 saturated heterocycles. The molecular weight excluding hydrogens is 434 g/mol. The van der Waals surface area contributed by atoms with Crippen molar-refractivity contribution >= 4 is 35.1 Å². The van der Waals surface area contributed by atoms with Gasteiger partial charge in [-0.15, -0.1) is 0 Å². The minimum Gasteiger partial charge on any atom is -0.497 e. The maximum Gasteiger partial charge on any atom is 0.306 e. The van der Waals surface area contributed by atoms with E-state index in [2.05, 4.69) is 16.2 Å². The molecule has 0 saturated carbocycles. The van der Waals surface area contributed by atoms with Crippen LogP contribution in [0.4, 0.5) is 0 Å². The summed E-state index contributed by atoms with van der Waals surface area (Å²) in [5.41, 5.74) is 5.76. The molecule has 10 heteroatoms. The summed E-state index contributed by atoms with van der Waals surface area (Å²) in [5.74, 6) is -0.290. The summed E-state index contributed by atoms with van der Waals surface area (Å²) >= 11 is 4.93. The Morgan fingerprint density at radius 1 is 0.875 bits per heavy atom. The Morgan fingerprint density at radius 2 is 1.56 bits per heavy atom. The monoisotopic (exact) mass is 459 g/mol. The fourth-order valence-electron chi connectivity index (χ4n) is 2.42. The molecule has 0 aliphatic rings. The summed E-state index contributed by atoms with van der Waals surface area (Å²) in [6.45, 7) is -0.0141. The number of carbonyl (C=O) groups excluding carboxylic acids is 3. The molecular formula is C22H25N3O6S. The molecule has 2 rings (SSSR count). The van der Waals surface area contributed by atoms with E-state index in [0.717, 1.165) is 5.56 Å². The zero-order valence-electron chi connectivity index (χ0n) is 17.6. The van der Waals surface area contributed by atoms with Crippen molar-refractivity contribution < 1.29 is 28.6 Å². The van der Waals surface area contributed by atoms with Crippen LogP contribution in [-0.4, -0.2) is 43.2 Å². The van der Waals surface area contributed by atoms with E-state index in [1.165, 1.54) is 0 Å². The van der Waals surface area contributed by atoms with Crippen molar-refractivity contribution in [2.24, 2.45) is 0 Å². The van der Waals surface area contributed by atoms with Gasteiger partial charge in [0.1, 0.15) is 11.5 Å². The molecule has 9 nitrogen and oxygen atoms in total. The topological polar surface area (TPSA) is 115 Å². The molecule has 0 atom stereocenters. The van der Waals surface area contributed by atoms with Crippen LogP contribution < -0.4 is 25.6 Å². The van der Waals surface area contributed by atoms with Gasteiger partial charge in [-0.05, 0) is 42.0 Å². The van der Waals surface area contributed by atoms with Gasteiger partial charge in [-0.3, -0.25) is 25.2 Å². The van der Waals surface area contributed by atoms with Crippen molar-refractivity contribution in [3.8, 4) is 11.5 Å². The standard InChI is InChI=1S/C22H25N3O6S/c1-29-17-7-9-18(10-8-17)31-15-20(27)24-25-22(32)23-19(26)11-12-21(28)30-14-13-16-5-3-2-4-6-16/h2-10H,11-15H2,1H3,(H,24,27)(H2,23,25,26,32). The predicted molar refractivity (Wildman–Crippen MR) is 121 cm³/mol. The zero-order valence-corrected chi connectivity index (χ0v) is 18.4. The van der Waals surface area contributed by atoms with Gasteiger partial charge in [-0.2, -0.15) is 0 Å². The van der Waals surface area contributed by atoms with Crippen LogP contribution in [-0.2, 0) is 25.5 Å². The van der Waals surface area contributed by atoms with Gasteiger partial charge in [0.05, 0.1) is 20.1 Å². The molecule has 0 aliphatic heterocycles. The predicted octanol–water partition coefficient (Wildman–Crippen LogP) is 1.66. The van der Waals surface area contributed by atoms with E-state index in [1.807, 2.05) is 30.3 Å². The molecule has 0 unspecified atom stereocenters. The number of thiocarbonyl (C=S) groups is 1. The second kappa shape index (κ2) is 13.6. The van der Waals surface area contributed by atoms with E-state index in [1.54, 1.807) is 31.4 Å². The highest BCUT2D eigenvalue weighted by atomic mass is 32.1. The Hall–Kier alpha value is -3.66. The lowest BCUT2D eigenvalue weighted by atomic mass is 10.2. The van der Waals surface area contributed by atoms with E-state index in [0.29, 0.717) is 17.9 Å². The molecule has 2 aromatic carbocycles. The minimum atomic E-state index is -0.501. The summed E-state index contributed by atoms with van der Waals surface area (Å²) in [6, 6.07) is 16.4. The molecule has 0 radical (unpaired) electrons. The van der Waals surface area contributed by atoms with Crippen LogP contribution in [0, 0.1) is 0 Å². The van der Waals surface area contributed by atoms with Crippen molar-refractivity contribution in [3.05, 3.63) is 60.2 Å². The lowest BCUT2D eigenvalue weighted by Gasteiger charge is -2.11. The fraction of sp³-hybridized carbons (Fsp3) is 0.273. The molecule has 32 heavy (non-hydrogen) atoms. The maximum absolute atomic E-state index is 11.9. The quantitative estimate of drug-likeness (QED) is 0.279. The summed E-state index contributed by atoms with van der Waals surface area (Å²) in [6.07, 6.45) is 0.431. The number of amides is 2. The summed E-state index contributed by atoms with van der Waals surface area (Å²) < 4.78 is 15.5. The smallest absolute Gasteiger partial charge is 0.306 e. The van der Waals surface area contributed by atoms with Crippen molar-refractivity contribution in [1.82, 2.24) is 16.2 Å². The molecule has 0 fully saturated rings. The highest BCUT2D eigenvalue weighted by Gasteiger charge is 2.10. The van der Waals surface area contributed by atoms with Crippen LogP contribution in [0.1, 0.15) is 18.4 Å². The van der Waals surface area contributed by atoms with Crippen LogP contribution in [0.5, 0.6) is 11.5 Å². The first-order valence-electron chi connectivity index (χ1n) is 9.81. The van der Waals surface area contributed by atoms with Crippen LogP contribution in [0.3, 0.4) is 0 Å². The average molecular weight is 460 g/mol. The third-order valence-electron chi connectivity index (χ3n) is 4.05. The van der Waals surface area contributed by atoms with Gasteiger partial charge >= 0.3 is 5.97 Å². The normalized spacial score (nSPS) is 9.91. The van der Waals surface area contributed by atoms with E-state index in [-0.39, 0.29) is 31.2 Å². The highest BCUT2D eigenvalue weighted by molar-refractivity contribution is 7.80. The Balaban J connectivity index is 1.55. The first-order chi connectivity index (χ1) is 15.5. The lowest BCUT2D eigenvalue weighted by Crippen LogP contribution is -2.49. The van der Waals surface area contributed by atoms with Crippen LogP contribution in [0.15, 0.2) is 54.6 Å². The molecule has 0 bridgehead atoms. The van der Waals surface area contributed by atoms with Gasteiger partial charge in [0.2, 0.25) is 5.91 Å². The third-order valence-corrected chi connectivity index (χ3v) is 4.25. The second-order valence-electron chi connectivity index (χ2n) is 6.47. The van der Waals surface area contributed by atoms with E-state index >= 15 is 0 Å². The van der Waals surface area contributed by atoms with Crippen LogP contribution >= 0.6 is 12.2 Å². The maximum atomic E-state index is 11.9. The largest absolute Gasteiger partial charge is 0.497 e. The zero-order chi connectivity index (χ0) is 23.2. The van der Waals surface area contributed by atoms with Gasteiger partial charge in [-0.25, -0.2) is 0 Å². The van der Waals surface area contributed by atoms with Crippen molar-refractivity contribution in [1.29, 1.82) is 0 Å². The van der Waals surface area contributed by atoms with Gasteiger partial charge in [-0.1, -0.05) is 30.3 Å². The number of esters is 1. The molecule has 0 aliphatic carbocycles. The van der Waals surface area contributed by atoms with Crippen LogP contribution in [0.2, 0.25) is 0 Å². The molecule has 0 spiro atoms. The minimum absolute atomic E-state index is 0.0781. The Labute approximate surface area is 191 Å².